The molecule has 0 radical (unpaired) electrons. The van der Waals surface area contributed by atoms with Gasteiger partial charge < -0.3 is 4.90 Å². The molecule has 160 valence electrons. The lowest BCUT2D eigenvalue weighted by Gasteiger charge is -2.23. The number of thioether (sulfide) groups is 1. The predicted octanol–water partition coefficient (Wildman–Crippen LogP) is 5.57. The second-order valence-corrected chi connectivity index (χ2v) is 8.88. The molecule has 0 fully saturated rings. The summed E-state index contributed by atoms with van der Waals surface area (Å²) < 4.78 is 40.6. The number of fused-ring (bicyclic) bond motifs is 2. The van der Waals surface area contributed by atoms with Crippen LogP contribution in [-0.4, -0.2) is 38.6 Å². The number of para-hydroxylation sites is 2. The summed E-state index contributed by atoms with van der Waals surface area (Å²) in [5, 5.41) is 1.41. The molecule has 0 N–H and O–H groups in total. The normalized spacial score (nSPS) is 12.9. The lowest BCUT2D eigenvalue weighted by atomic mass is 10.2. The van der Waals surface area contributed by atoms with Crippen LogP contribution in [0.5, 0.6) is 0 Å². The summed E-state index contributed by atoms with van der Waals surface area (Å²) in [7, 11) is 1.67. The molecule has 4 rings (SSSR count). The van der Waals surface area contributed by atoms with E-state index in [-0.39, 0.29) is 28.2 Å². The Bertz CT molecular complexity index is 1230. The van der Waals surface area contributed by atoms with Gasteiger partial charge in [-0.1, -0.05) is 42.1 Å². The van der Waals surface area contributed by atoms with Crippen LogP contribution in [0.1, 0.15) is 23.8 Å². The molecule has 2 heterocycles. The van der Waals surface area contributed by atoms with E-state index in [0.29, 0.717) is 5.39 Å². The molecule has 2 aromatic carbocycles. The van der Waals surface area contributed by atoms with Crippen LogP contribution in [0.3, 0.4) is 0 Å². The average Bonchev–Trinajstić information content (AvgIpc) is 3.19. The summed E-state index contributed by atoms with van der Waals surface area (Å²) in [6.07, 6.45) is -4.67. The van der Waals surface area contributed by atoms with Gasteiger partial charge in [-0.25, -0.2) is 15.0 Å². The van der Waals surface area contributed by atoms with E-state index in [1.54, 1.807) is 30.1 Å². The van der Waals surface area contributed by atoms with Crippen LogP contribution in [0.25, 0.3) is 21.1 Å². The van der Waals surface area contributed by atoms with Crippen molar-refractivity contribution in [1.82, 2.24) is 19.9 Å². The summed E-state index contributed by atoms with van der Waals surface area (Å²) in [6.45, 7) is 1.88. The van der Waals surface area contributed by atoms with E-state index in [9.17, 15) is 18.0 Å². The van der Waals surface area contributed by atoms with Gasteiger partial charge >= 0.3 is 6.18 Å². The van der Waals surface area contributed by atoms with Crippen molar-refractivity contribution in [2.45, 2.75) is 24.2 Å². The Hall–Kier alpha value is -2.72. The Morgan fingerprint density at radius 2 is 1.74 bits per heavy atom. The van der Waals surface area contributed by atoms with E-state index in [0.717, 1.165) is 27.0 Å². The highest BCUT2D eigenvalue weighted by Gasteiger charge is 2.35. The van der Waals surface area contributed by atoms with Gasteiger partial charge in [0.05, 0.1) is 27.5 Å². The van der Waals surface area contributed by atoms with Crippen molar-refractivity contribution in [3.05, 3.63) is 59.4 Å². The van der Waals surface area contributed by atoms with Gasteiger partial charge in [0.15, 0.2) is 0 Å². The van der Waals surface area contributed by atoms with E-state index in [4.69, 9.17) is 0 Å². The Balaban J connectivity index is 1.53. The standard InChI is InChI=1S/C21H17F3N4OS2/c1-12(18-25-15-9-5-6-10-16(15)31-18)28(2)17(29)11-30-19-13-7-3-4-8-14(13)26-20(27-19)21(22,23)24/h3-10,12H,11H2,1-2H3. The monoisotopic (exact) mass is 462 g/mol. The second-order valence-electron chi connectivity index (χ2n) is 6.86. The number of hydrogen-bond acceptors (Lipinski definition) is 6. The van der Waals surface area contributed by atoms with Gasteiger partial charge in [0.1, 0.15) is 10.0 Å². The van der Waals surface area contributed by atoms with E-state index in [2.05, 4.69) is 15.0 Å². The number of thiazole rings is 1. The minimum atomic E-state index is -4.67. The highest BCUT2D eigenvalue weighted by atomic mass is 32.2. The van der Waals surface area contributed by atoms with Gasteiger partial charge in [-0.3, -0.25) is 4.79 Å². The van der Waals surface area contributed by atoms with Crippen molar-refractivity contribution in [1.29, 1.82) is 0 Å². The van der Waals surface area contributed by atoms with Crippen LogP contribution >= 0.6 is 23.1 Å². The van der Waals surface area contributed by atoms with E-state index in [1.807, 2.05) is 31.2 Å². The Labute approximate surface area is 184 Å². The fraction of sp³-hybridized carbons (Fsp3) is 0.238. The van der Waals surface area contributed by atoms with Crippen LogP contribution in [0, 0.1) is 0 Å². The van der Waals surface area contributed by atoms with Crippen molar-refractivity contribution >= 4 is 50.1 Å². The molecule has 10 heteroatoms. The summed E-state index contributed by atoms with van der Waals surface area (Å²) in [6, 6.07) is 13.9. The first-order valence-corrected chi connectivity index (χ1v) is 11.1. The molecule has 1 amide bonds. The smallest absolute Gasteiger partial charge is 0.336 e. The van der Waals surface area contributed by atoms with Crippen molar-refractivity contribution in [2.75, 3.05) is 12.8 Å². The second kappa shape index (κ2) is 8.43. The Morgan fingerprint density at radius 3 is 2.45 bits per heavy atom. The third-order valence-corrected chi connectivity index (χ3v) is 6.98. The number of carbonyl (C=O) groups is 1. The van der Waals surface area contributed by atoms with Crippen LogP contribution in [0.15, 0.2) is 53.6 Å². The molecule has 0 bridgehead atoms. The Morgan fingerprint density at radius 1 is 1.06 bits per heavy atom. The van der Waals surface area contributed by atoms with Crippen LogP contribution in [0.2, 0.25) is 0 Å². The number of rotatable bonds is 5. The number of benzene rings is 2. The molecule has 0 saturated carbocycles. The summed E-state index contributed by atoms with van der Waals surface area (Å²) in [4.78, 5) is 26.2. The highest BCUT2D eigenvalue weighted by molar-refractivity contribution is 8.00. The minimum absolute atomic E-state index is 0.0515. The maximum Gasteiger partial charge on any atom is 0.451 e. The molecule has 2 aromatic heterocycles. The van der Waals surface area contributed by atoms with E-state index < -0.39 is 12.0 Å². The highest BCUT2D eigenvalue weighted by Crippen LogP contribution is 2.33. The number of alkyl halides is 3. The number of amides is 1. The third-order valence-electron chi connectivity index (χ3n) is 4.80. The Kier molecular flexibility index (Phi) is 5.85. The molecule has 31 heavy (non-hydrogen) atoms. The predicted molar refractivity (Wildman–Crippen MR) is 116 cm³/mol. The quantitative estimate of drug-likeness (QED) is 0.287. The summed E-state index contributed by atoms with van der Waals surface area (Å²) in [5.74, 6) is -1.49. The molecule has 1 atom stereocenters. The molecule has 0 aliphatic heterocycles. The SMILES string of the molecule is CC(c1nc2ccccc2s1)N(C)C(=O)CSc1nc(C(F)(F)F)nc2ccccc12. The fourth-order valence-corrected chi connectivity index (χ4v) is 4.97. The lowest BCUT2D eigenvalue weighted by Crippen LogP contribution is -2.31. The van der Waals surface area contributed by atoms with Gasteiger partial charge in [-0.05, 0) is 25.1 Å². The summed E-state index contributed by atoms with van der Waals surface area (Å²) >= 11 is 2.49. The van der Waals surface area contributed by atoms with Gasteiger partial charge in [0.2, 0.25) is 11.7 Å². The molecule has 5 nitrogen and oxygen atoms in total. The number of carbonyl (C=O) groups excluding carboxylic acids is 1. The zero-order chi connectivity index (χ0) is 22.2. The fourth-order valence-electron chi connectivity index (χ4n) is 2.97. The maximum absolute atomic E-state index is 13.2. The first kappa shape index (κ1) is 21.5. The van der Waals surface area contributed by atoms with Crippen molar-refractivity contribution in [3.63, 3.8) is 0 Å². The third kappa shape index (κ3) is 4.49. The minimum Gasteiger partial charge on any atom is -0.336 e. The van der Waals surface area contributed by atoms with Gasteiger partial charge in [-0.15, -0.1) is 11.3 Å². The van der Waals surface area contributed by atoms with Gasteiger partial charge in [-0.2, -0.15) is 13.2 Å². The first-order valence-electron chi connectivity index (χ1n) is 9.32. The van der Waals surface area contributed by atoms with Crippen molar-refractivity contribution < 1.29 is 18.0 Å². The molecule has 4 aromatic rings. The van der Waals surface area contributed by atoms with Crippen LogP contribution < -0.4 is 0 Å². The largest absolute Gasteiger partial charge is 0.451 e. The van der Waals surface area contributed by atoms with Crippen molar-refractivity contribution in [2.24, 2.45) is 0 Å². The number of nitrogens with zero attached hydrogens (tertiary/aromatic N) is 4. The summed E-state index contributed by atoms with van der Waals surface area (Å²) in [5.41, 5.74) is 1.06. The van der Waals surface area contributed by atoms with E-state index >= 15 is 0 Å². The number of hydrogen-bond donors (Lipinski definition) is 0. The zero-order valence-corrected chi connectivity index (χ0v) is 18.2. The average molecular weight is 463 g/mol. The van der Waals surface area contributed by atoms with Crippen LogP contribution in [-0.2, 0) is 11.0 Å². The molecule has 0 aliphatic carbocycles. The number of aromatic nitrogens is 3. The van der Waals surface area contributed by atoms with E-state index in [1.165, 1.54) is 17.4 Å². The molecule has 0 saturated heterocycles. The van der Waals surface area contributed by atoms with Gasteiger partial charge in [0.25, 0.3) is 0 Å². The zero-order valence-electron chi connectivity index (χ0n) is 16.6. The molecule has 0 spiro atoms. The molecular weight excluding hydrogens is 445 g/mol. The van der Waals surface area contributed by atoms with Gasteiger partial charge in [0, 0.05) is 12.4 Å². The number of halogens is 3. The van der Waals surface area contributed by atoms with Crippen molar-refractivity contribution in [3.8, 4) is 0 Å². The molecule has 1 unspecified atom stereocenters. The first-order chi connectivity index (χ1) is 14.7. The molecule has 0 aliphatic rings. The maximum atomic E-state index is 13.2. The lowest BCUT2D eigenvalue weighted by molar-refractivity contribution is -0.145. The van der Waals surface area contributed by atoms with Crippen LogP contribution in [0.4, 0.5) is 13.2 Å². The topological polar surface area (TPSA) is 59.0 Å². The molecular formula is C21H17F3N4OS2.